The second-order valence-electron chi connectivity index (χ2n) is 9.75. The van der Waals surface area contributed by atoms with E-state index in [2.05, 4.69) is 29.4 Å². The molecule has 0 saturated heterocycles. The highest BCUT2D eigenvalue weighted by Gasteiger charge is 2.31. The van der Waals surface area contributed by atoms with Crippen LogP contribution in [-0.2, 0) is 0 Å². The molecule has 2 saturated carbocycles. The Morgan fingerprint density at radius 2 is 1.29 bits per heavy atom. The van der Waals surface area contributed by atoms with Crippen LogP contribution < -0.4 is 17.2 Å². The summed E-state index contributed by atoms with van der Waals surface area (Å²) < 4.78 is 0. The minimum absolute atomic E-state index is 0.467. The molecular weight excluding hydrogens is 382 g/mol. The van der Waals surface area contributed by atoms with Gasteiger partial charge in [0.25, 0.3) is 0 Å². The number of nitrogens with zero attached hydrogens (tertiary/aromatic N) is 1. The fourth-order valence-corrected chi connectivity index (χ4v) is 5.93. The zero-order valence-corrected chi connectivity index (χ0v) is 18.5. The van der Waals surface area contributed by atoms with Gasteiger partial charge in [-0.05, 0) is 97.4 Å². The largest absolute Gasteiger partial charge is 0.397 e. The van der Waals surface area contributed by atoms with Crippen molar-refractivity contribution in [3.05, 3.63) is 42.0 Å². The molecule has 2 fully saturated rings. The topological polar surface area (TPSA) is 114 Å². The number of nitrogens with one attached hydrogen (secondary N) is 1. The van der Waals surface area contributed by atoms with Crippen molar-refractivity contribution in [3.8, 4) is 11.1 Å². The van der Waals surface area contributed by atoms with Crippen LogP contribution in [0.15, 0.2) is 41.5 Å². The first-order valence-electron chi connectivity index (χ1n) is 11.9. The maximum Gasteiger partial charge on any atom is 0.0781 e. The molecule has 2 aliphatic rings. The molecule has 31 heavy (non-hydrogen) atoms. The van der Waals surface area contributed by atoms with E-state index in [1.165, 1.54) is 56.9 Å². The summed E-state index contributed by atoms with van der Waals surface area (Å²) in [6.07, 6.45) is 12.0. The van der Waals surface area contributed by atoms with Crippen molar-refractivity contribution >= 4 is 17.1 Å². The first-order chi connectivity index (χ1) is 15.0. The van der Waals surface area contributed by atoms with Crippen molar-refractivity contribution in [1.29, 1.82) is 5.53 Å². The van der Waals surface area contributed by atoms with Crippen molar-refractivity contribution in [1.82, 2.24) is 0 Å². The number of rotatable bonds is 6. The van der Waals surface area contributed by atoms with E-state index in [9.17, 15) is 0 Å². The predicted molar refractivity (Wildman–Crippen MR) is 130 cm³/mol. The van der Waals surface area contributed by atoms with Gasteiger partial charge in [0, 0.05) is 0 Å². The Balaban J connectivity index is 1.31. The molecule has 0 heterocycles. The zero-order chi connectivity index (χ0) is 21.8. The molecule has 2 aliphatic carbocycles. The fourth-order valence-electron chi connectivity index (χ4n) is 5.93. The molecule has 0 spiro atoms. The average molecular weight is 420 g/mol. The minimum Gasteiger partial charge on any atom is -0.397 e. The second kappa shape index (κ2) is 9.71. The smallest absolute Gasteiger partial charge is 0.0781 e. The first-order valence-corrected chi connectivity index (χ1v) is 11.9. The monoisotopic (exact) mass is 419 g/mol. The lowest BCUT2D eigenvalue weighted by molar-refractivity contribution is 0.157. The summed E-state index contributed by atoms with van der Waals surface area (Å²) in [4.78, 5) is 0. The number of nitrogen functional groups attached to an aromatic ring is 3. The maximum atomic E-state index is 7.00. The van der Waals surface area contributed by atoms with Gasteiger partial charge in [-0.1, -0.05) is 37.1 Å². The van der Waals surface area contributed by atoms with E-state index in [1.54, 1.807) is 0 Å². The van der Waals surface area contributed by atoms with E-state index in [-0.39, 0.29) is 0 Å². The highest BCUT2D eigenvalue weighted by atomic mass is 14.9. The standard InChI is InChI=1S/C26H37N5/c27-24-15-23(16-25(28)26(24)29)22-11-9-21(10-12-22)20-7-5-19(6-8-20)18-3-1-17(2-4-18)13-14-31-30/h9-12,15-20,30H,1-8,13-14,27-29H2. The van der Waals surface area contributed by atoms with E-state index in [0.717, 1.165) is 41.8 Å². The summed E-state index contributed by atoms with van der Waals surface area (Å²) in [5, 5.41) is 3.54. The average Bonchev–Trinajstić information content (AvgIpc) is 2.81. The SMILES string of the molecule is N=NCCC1CCC(C2CCC(c3ccc(-c4cc(N)c(N)c(N)c4)cc3)CC2)CC1. The van der Waals surface area contributed by atoms with Gasteiger partial charge in [-0.15, -0.1) is 0 Å². The molecular formula is C26H37N5. The molecule has 0 unspecified atom stereocenters. The third-order valence-electron chi connectivity index (χ3n) is 7.94. The number of hydrogen-bond donors (Lipinski definition) is 4. The summed E-state index contributed by atoms with van der Waals surface area (Å²) in [6.45, 7) is 0.721. The van der Waals surface area contributed by atoms with Gasteiger partial charge < -0.3 is 17.2 Å². The maximum absolute atomic E-state index is 7.00. The van der Waals surface area contributed by atoms with Crippen LogP contribution in [0.1, 0.15) is 69.3 Å². The van der Waals surface area contributed by atoms with Crippen molar-refractivity contribution in [2.45, 2.75) is 63.7 Å². The van der Waals surface area contributed by atoms with Gasteiger partial charge in [-0.2, -0.15) is 5.11 Å². The molecule has 2 aromatic rings. The molecule has 0 aromatic heterocycles. The lowest BCUT2D eigenvalue weighted by Gasteiger charge is -2.38. The van der Waals surface area contributed by atoms with E-state index in [0.29, 0.717) is 23.0 Å². The molecule has 4 rings (SSSR count). The molecule has 5 heteroatoms. The molecule has 7 N–H and O–H groups in total. The van der Waals surface area contributed by atoms with Crippen LogP contribution in [0, 0.1) is 23.3 Å². The number of benzene rings is 2. The summed E-state index contributed by atoms with van der Waals surface area (Å²) in [7, 11) is 0. The van der Waals surface area contributed by atoms with Crippen LogP contribution in [0.3, 0.4) is 0 Å². The van der Waals surface area contributed by atoms with Crippen LogP contribution in [0.4, 0.5) is 17.1 Å². The molecule has 0 aliphatic heterocycles. The Labute approximate surface area is 186 Å². The van der Waals surface area contributed by atoms with E-state index in [1.807, 2.05) is 12.1 Å². The van der Waals surface area contributed by atoms with Crippen molar-refractivity contribution < 1.29 is 0 Å². The molecule has 0 atom stereocenters. The Kier molecular flexibility index (Phi) is 6.79. The quantitative estimate of drug-likeness (QED) is 0.312. The van der Waals surface area contributed by atoms with Crippen LogP contribution in [-0.4, -0.2) is 6.54 Å². The van der Waals surface area contributed by atoms with E-state index in [4.69, 9.17) is 22.7 Å². The van der Waals surface area contributed by atoms with E-state index >= 15 is 0 Å². The van der Waals surface area contributed by atoms with Crippen molar-refractivity contribution in [2.75, 3.05) is 23.7 Å². The number of anilines is 3. The van der Waals surface area contributed by atoms with Crippen LogP contribution in [0.25, 0.3) is 11.1 Å². The Hall–Kier alpha value is -2.56. The molecule has 0 radical (unpaired) electrons. The van der Waals surface area contributed by atoms with Crippen molar-refractivity contribution in [2.24, 2.45) is 22.9 Å². The Bertz CT molecular complexity index is 852. The van der Waals surface area contributed by atoms with Gasteiger partial charge in [-0.3, -0.25) is 0 Å². The Morgan fingerprint density at radius 1 is 0.742 bits per heavy atom. The number of hydrogen-bond acceptors (Lipinski definition) is 5. The van der Waals surface area contributed by atoms with Crippen LogP contribution in [0.2, 0.25) is 0 Å². The summed E-state index contributed by atoms with van der Waals surface area (Å²) in [6, 6.07) is 12.8. The Morgan fingerprint density at radius 3 is 1.84 bits per heavy atom. The minimum atomic E-state index is 0.467. The van der Waals surface area contributed by atoms with Gasteiger partial charge in [-0.25, -0.2) is 5.53 Å². The molecule has 0 bridgehead atoms. The molecule has 5 nitrogen and oxygen atoms in total. The first kappa shape index (κ1) is 21.7. The van der Waals surface area contributed by atoms with E-state index < -0.39 is 0 Å². The normalized spacial score (nSPS) is 26.5. The summed E-state index contributed by atoms with van der Waals surface area (Å²) >= 11 is 0. The molecule has 166 valence electrons. The fraction of sp³-hybridized carbons (Fsp3) is 0.538. The predicted octanol–water partition coefficient (Wildman–Crippen LogP) is 6.60. The number of nitrogens with two attached hydrogens (primary N) is 3. The summed E-state index contributed by atoms with van der Waals surface area (Å²) in [5.74, 6) is 3.33. The van der Waals surface area contributed by atoms with Gasteiger partial charge in [0.15, 0.2) is 0 Å². The lowest BCUT2D eigenvalue weighted by atomic mass is 9.68. The second-order valence-corrected chi connectivity index (χ2v) is 9.75. The lowest BCUT2D eigenvalue weighted by Crippen LogP contribution is -2.25. The molecule has 0 amide bonds. The van der Waals surface area contributed by atoms with Gasteiger partial charge >= 0.3 is 0 Å². The third-order valence-corrected chi connectivity index (χ3v) is 7.94. The summed E-state index contributed by atoms with van der Waals surface area (Å²) in [5.41, 5.74) is 30.0. The molecule has 2 aromatic carbocycles. The van der Waals surface area contributed by atoms with Gasteiger partial charge in [0.1, 0.15) is 0 Å². The van der Waals surface area contributed by atoms with Crippen LogP contribution >= 0.6 is 0 Å². The van der Waals surface area contributed by atoms with Gasteiger partial charge in [0.2, 0.25) is 0 Å². The zero-order valence-electron chi connectivity index (χ0n) is 18.5. The third kappa shape index (κ3) is 5.03. The van der Waals surface area contributed by atoms with Gasteiger partial charge in [0.05, 0.1) is 23.6 Å². The van der Waals surface area contributed by atoms with Crippen LogP contribution in [0.5, 0.6) is 0 Å². The van der Waals surface area contributed by atoms with Crippen molar-refractivity contribution in [3.63, 3.8) is 0 Å². The highest BCUT2D eigenvalue weighted by Crippen LogP contribution is 2.44. The highest BCUT2D eigenvalue weighted by molar-refractivity contribution is 5.84.